The number of carbonyl (C=O) groups excluding carboxylic acids is 3. The average molecular weight is 342 g/mol. The van der Waals surface area contributed by atoms with Gasteiger partial charge in [-0.2, -0.15) is 0 Å². The quantitative estimate of drug-likeness (QED) is 0.208. The zero-order valence-electron chi connectivity index (χ0n) is 14.9. The highest BCUT2D eigenvalue weighted by molar-refractivity contribution is 5.81. The highest BCUT2D eigenvalue weighted by atomic mass is 16.6. The molecule has 0 aromatic carbocycles. The van der Waals surface area contributed by atoms with Gasteiger partial charge in [-0.3, -0.25) is 9.59 Å². The molecule has 6 heteroatoms. The molecule has 0 radical (unpaired) electrons. The topological polar surface area (TPSA) is 78.9 Å². The third kappa shape index (κ3) is 12.7. The number of unbranched alkanes of at least 4 members (excludes halogenated alkanes) is 5. The smallest absolute Gasteiger partial charge is 0.330 e. The Hall–Kier alpha value is -1.85. The number of hydrogen-bond acceptors (Lipinski definition) is 6. The largest absolute Gasteiger partial charge is 0.469 e. The van der Waals surface area contributed by atoms with Gasteiger partial charge in [-0.15, -0.1) is 0 Å². The van der Waals surface area contributed by atoms with Crippen LogP contribution in [0.1, 0.15) is 64.7 Å². The van der Waals surface area contributed by atoms with Crippen LogP contribution in [0, 0.1) is 0 Å². The van der Waals surface area contributed by atoms with Crippen molar-refractivity contribution in [2.45, 2.75) is 70.8 Å². The van der Waals surface area contributed by atoms with Gasteiger partial charge < -0.3 is 14.2 Å². The van der Waals surface area contributed by atoms with E-state index in [2.05, 4.69) is 11.3 Å². The number of methoxy groups -OCH3 is 1. The predicted octanol–water partition coefficient (Wildman–Crippen LogP) is 3.33. The maximum atomic E-state index is 11.6. The molecule has 1 atom stereocenters. The Kier molecular flexibility index (Phi) is 13.6. The normalized spacial score (nSPS) is 11.4. The van der Waals surface area contributed by atoms with Crippen LogP contribution in [0.5, 0.6) is 0 Å². The maximum Gasteiger partial charge on any atom is 0.330 e. The van der Waals surface area contributed by atoms with Crippen LogP contribution in [-0.4, -0.2) is 37.7 Å². The minimum absolute atomic E-state index is 0.0858. The van der Waals surface area contributed by atoms with Crippen LogP contribution in [0.2, 0.25) is 0 Å². The number of hydrogen-bond donors (Lipinski definition) is 0. The molecule has 0 N–H and O–H groups in total. The Morgan fingerprint density at radius 1 is 0.958 bits per heavy atom. The summed E-state index contributed by atoms with van der Waals surface area (Å²) >= 11 is 0. The van der Waals surface area contributed by atoms with E-state index < -0.39 is 12.1 Å². The van der Waals surface area contributed by atoms with Gasteiger partial charge in [0.2, 0.25) is 0 Å². The molecule has 0 rings (SSSR count). The summed E-state index contributed by atoms with van der Waals surface area (Å²) in [6, 6.07) is 0. The van der Waals surface area contributed by atoms with Crippen LogP contribution in [0.3, 0.4) is 0 Å². The van der Waals surface area contributed by atoms with Gasteiger partial charge in [0.1, 0.15) is 12.7 Å². The van der Waals surface area contributed by atoms with Gasteiger partial charge in [0.05, 0.1) is 7.11 Å². The van der Waals surface area contributed by atoms with Crippen molar-refractivity contribution in [2.24, 2.45) is 0 Å². The van der Waals surface area contributed by atoms with Gasteiger partial charge in [-0.1, -0.05) is 39.2 Å². The Labute approximate surface area is 144 Å². The zero-order chi connectivity index (χ0) is 18.2. The first kappa shape index (κ1) is 22.1. The molecule has 138 valence electrons. The monoisotopic (exact) mass is 342 g/mol. The second-order valence-corrected chi connectivity index (χ2v) is 5.55. The van der Waals surface area contributed by atoms with E-state index in [0.717, 1.165) is 44.6 Å². The fourth-order valence-corrected chi connectivity index (χ4v) is 2.05. The zero-order valence-corrected chi connectivity index (χ0v) is 14.9. The van der Waals surface area contributed by atoms with Crippen LogP contribution in [0.25, 0.3) is 0 Å². The molecule has 6 nitrogen and oxygen atoms in total. The first-order valence-electron chi connectivity index (χ1n) is 8.59. The summed E-state index contributed by atoms with van der Waals surface area (Å²) < 4.78 is 14.7. The van der Waals surface area contributed by atoms with Crippen molar-refractivity contribution in [1.29, 1.82) is 0 Å². The third-order valence-electron chi connectivity index (χ3n) is 3.57. The van der Waals surface area contributed by atoms with Gasteiger partial charge in [0.25, 0.3) is 0 Å². The molecular weight excluding hydrogens is 312 g/mol. The lowest BCUT2D eigenvalue weighted by Crippen LogP contribution is -2.23. The summed E-state index contributed by atoms with van der Waals surface area (Å²) in [5, 5.41) is 0. The van der Waals surface area contributed by atoms with Crippen molar-refractivity contribution >= 4 is 17.9 Å². The molecule has 0 heterocycles. The Morgan fingerprint density at radius 3 is 2.00 bits per heavy atom. The average Bonchev–Trinajstić information content (AvgIpc) is 2.59. The predicted molar refractivity (Wildman–Crippen MR) is 90.3 cm³/mol. The van der Waals surface area contributed by atoms with E-state index in [1.807, 2.05) is 6.92 Å². The highest BCUT2D eigenvalue weighted by Crippen LogP contribution is 2.10. The molecule has 0 saturated heterocycles. The van der Waals surface area contributed by atoms with Gasteiger partial charge in [-0.25, -0.2) is 4.79 Å². The SMILES string of the molecule is C=CC(=O)OC(CC)COC(=O)CCCCCCCCC(=O)OC. The summed E-state index contributed by atoms with van der Waals surface area (Å²) in [5.74, 6) is -0.944. The van der Waals surface area contributed by atoms with Crippen LogP contribution >= 0.6 is 0 Å². The van der Waals surface area contributed by atoms with Crippen molar-refractivity contribution in [3.05, 3.63) is 12.7 Å². The van der Waals surface area contributed by atoms with E-state index in [0.29, 0.717) is 19.3 Å². The van der Waals surface area contributed by atoms with Gasteiger partial charge in [0, 0.05) is 18.9 Å². The summed E-state index contributed by atoms with van der Waals surface area (Å²) in [5.41, 5.74) is 0. The molecule has 0 saturated carbocycles. The number of esters is 3. The minimum atomic E-state index is -0.509. The van der Waals surface area contributed by atoms with E-state index in [9.17, 15) is 14.4 Å². The molecule has 0 aliphatic rings. The molecule has 24 heavy (non-hydrogen) atoms. The lowest BCUT2D eigenvalue weighted by molar-refractivity contribution is -0.155. The third-order valence-corrected chi connectivity index (χ3v) is 3.57. The summed E-state index contributed by atoms with van der Waals surface area (Å²) in [6.07, 6.45) is 7.73. The van der Waals surface area contributed by atoms with E-state index in [1.165, 1.54) is 7.11 Å². The van der Waals surface area contributed by atoms with Gasteiger partial charge >= 0.3 is 17.9 Å². The molecule has 0 bridgehead atoms. The second-order valence-electron chi connectivity index (χ2n) is 5.55. The van der Waals surface area contributed by atoms with E-state index >= 15 is 0 Å². The van der Waals surface area contributed by atoms with Gasteiger partial charge in [0.15, 0.2) is 0 Å². The number of ether oxygens (including phenoxy) is 3. The molecular formula is C18H30O6. The molecule has 1 unspecified atom stereocenters. The Bertz CT molecular complexity index is 391. The second kappa shape index (κ2) is 14.7. The number of rotatable bonds is 14. The molecule has 0 amide bonds. The van der Waals surface area contributed by atoms with Crippen LogP contribution in [-0.2, 0) is 28.6 Å². The summed E-state index contributed by atoms with van der Waals surface area (Å²) in [4.78, 5) is 33.6. The summed E-state index contributed by atoms with van der Waals surface area (Å²) in [7, 11) is 1.40. The van der Waals surface area contributed by atoms with Crippen LogP contribution in [0.15, 0.2) is 12.7 Å². The van der Waals surface area contributed by atoms with Crippen molar-refractivity contribution < 1.29 is 28.6 Å². The first-order chi connectivity index (χ1) is 11.5. The first-order valence-corrected chi connectivity index (χ1v) is 8.59. The molecule has 0 aliphatic heterocycles. The Morgan fingerprint density at radius 2 is 1.50 bits per heavy atom. The Balaban J connectivity index is 3.57. The van der Waals surface area contributed by atoms with E-state index in [1.54, 1.807) is 0 Å². The van der Waals surface area contributed by atoms with Crippen molar-refractivity contribution in [2.75, 3.05) is 13.7 Å². The molecule has 0 aromatic heterocycles. The van der Waals surface area contributed by atoms with E-state index in [4.69, 9.17) is 9.47 Å². The highest BCUT2D eigenvalue weighted by Gasteiger charge is 2.13. The van der Waals surface area contributed by atoms with Crippen molar-refractivity contribution in [1.82, 2.24) is 0 Å². The molecule has 0 aliphatic carbocycles. The fraction of sp³-hybridized carbons (Fsp3) is 0.722. The van der Waals surface area contributed by atoms with Crippen LogP contribution in [0.4, 0.5) is 0 Å². The standard InChI is InChI=1S/C18H30O6/c1-4-15(24-16(19)5-2)14-23-18(21)13-11-9-7-6-8-10-12-17(20)22-3/h5,15H,2,4,6-14H2,1,3H3. The number of carbonyl (C=O) groups is 3. The van der Waals surface area contributed by atoms with Gasteiger partial charge in [-0.05, 0) is 19.3 Å². The lowest BCUT2D eigenvalue weighted by atomic mass is 10.1. The van der Waals surface area contributed by atoms with E-state index in [-0.39, 0.29) is 18.5 Å². The minimum Gasteiger partial charge on any atom is -0.469 e. The fourth-order valence-electron chi connectivity index (χ4n) is 2.05. The lowest BCUT2D eigenvalue weighted by Gasteiger charge is -2.15. The molecule has 0 fully saturated rings. The maximum absolute atomic E-state index is 11.6. The molecule has 0 spiro atoms. The summed E-state index contributed by atoms with van der Waals surface area (Å²) in [6.45, 7) is 5.27. The molecule has 0 aromatic rings. The van der Waals surface area contributed by atoms with Crippen molar-refractivity contribution in [3.8, 4) is 0 Å². The van der Waals surface area contributed by atoms with Crippen LogP contribution < -0.4 is 0 Å². The van der Waals surface area contributed by atoms with Crippen molar-refractivity contribution in [3.63, 3.8) is 0 Å².